The van der Waals surface area contributed by atoms with Crippen molar-refractivity contribution in [1.29, 1.82) is 0 Å². The average molecular weight is 531 g/mol. The van der Waals surface area contributed by atoms with Gasteiger partial charge in [-0.3, -0.25) is 0 Å². The lowest BCUT2D eigenvalue weighted by molar-refractivity contribution is 0.564. The highest BCUT2D eigenvalue weighted by Gasteiger charge is 2.21. The molecule has 0 aliphatic heterocycles. The molecular formula is C25H36F2N2O4S2. The third-order valence-corrected chi connectivity index (χ3v) is 9.34. The quantitative estimate of drug-likeness (QED) is 0.274. The number of hydrogen-bond acceptors (Lipinski definition) is 4. The molecule has 0 atom stereocenters. The number of nitrogens with one attached hydrogen (secondary N) is 2. The fraction of sp³-hybridized carbons (Fsp3) is 0.520. The van der Waals surface area contributed by atoms with Gasteiger partial charge in [0.05, 0.1) is 0 Å². The minimum atomic E-state index is -3.93. The molecule has 0 heterocycles. The van der Waals surface area contributed by atoms with E-state index < -0.39 is 25.1 Å². The Morgan fingerprint density at radius 1 is 0.514 bits per heavy atom. The molecule has 0 fully saturated rings. The zero-order chi connectivity index (χ0) is 25.6. The molecule has 2 aromatic carbocycles. The van der Waals surface area contributed by atoms with E-state index in [2.05, 4.69) is 9.44 Å². The van der Waals surface area contributed by atoms with Gasteiger partial charge in [-0.2, -0.15) is 0 Å². The predicted molar refractivity (Wildman–Crippen MR) is 136 cm³/mol. The predicted octanol–water partition coefficient (Wildman–Crippen LogP) is 4.67. The standard InChI is InChI=1S/C25H36F2N2O4S2/c26-24-15-11-22(12-16-24)9-5-1-3-7-19-28-34(30,31)21-35(32,33)29-20-8-4-2-6-10-23-13-17-25(27)18-14-23/h11-18,28-29H,1-10,19-21H2. The number of halogens is 2. The van der Waals surface area contributed by atoms with Crippen molar-refractivity contribution in [2.75, 3.05) is 18.2 Å². The Morgan fingerprint density at radius 3 is 1.23 bits per heavy atom. The van der Waals surface area contributed by atoms with Gasteiger partial charge in [-0.05, 0) is 73.9 Å². The van der Waals surface area contributed by atoms with Crippen molar-refractivity contribution in [3.05, 3.63) is 71.3 Å². The molecule has 10 heteroatoms. The minimum Gasteiger partial charge on any atom is -0.214 e. The largest absolute Gasteiger partial charge is 0.227 e. The van der Waals surface area contributed by atoms with Gasteiger partial charge in [0.2, 0.25) is 20.0 Å². The van der Waals surface area contributed by atoms with Gasteiger partial charge in [0.25, 0.3) is 0 Å². The molecule has 0 spiro atoms. The van der Waals surface area contributed by atoms with Gasteiger partial charge in [0.1, 0.15) is 11.6 Å². The fourth-order valence-electron chi connectivity index (χ4n) is 3.66. The molecule has 196 valence electrons. The third kappa shape index (κ3) is 13.7. The van der Waals surface area contributed by atoms with E-state index in [1.54, 1.807) is 24.3 Å². The van der Waals surface area contributed by atoms with Crippen molar-refractivity contribution in [2.24, 2.45) is 0 Å². The Bertz CT molecular complexity index is 988. The summed E-state index contributed by atoms with van der Waals surface area (Å²) in [6, 6.07) is 12.8. The first-order valence-electron chi connectivity index (χ1n) is 12.1. The van der Waals surface area contributed by atoms with Crippen LogP contribution in [0, 0.1) is 11.6 Å². The molecule has 0 amide bonds. The summed E-state index contributed by atoms with van der Waals surface area (Å²) in [7, 11) is -7.85. The van der Waals surface area contributed by atoms with Crippen molar-refractivity contribution in [1.82, 2.24) is 9.44 Å². The second-order valence-corrected chi connectivity index (χ2v) is 12.7. The molecule has 6 nitrogen and oxygen atoms in total. The van der Waals surface area contributed by atoms with E-state index >= 15 is 0 Å². The first kappa shape index (κ1) is 29.4. The van der Waals surface area contributed by atoms with Gasteiger partial charge in [-0.1, -0.05) is 49.9 Å². The molecule has 0 saturated carbocycles. The van der Waals surface area contributed by atoms with Gasteiger partial charge < -0.3 is 0 Å². The molecule has 2 rings (SSSR count). The molecule has 0 radical (unpaired) electrons. The van der Waals surface area contributed by atoms with Crippen LogP contribution in [0.1, 0.15) is 62.5 Å². The first-order valence-corrected chi connectivity index (χ1v) is 15.4. The van der Waals surface area contributed by atoms with Crippen molar-refractivity contribution >= 4 is 20.0 Å². The Morgan fingerprint density at radius 2 is 0.857 bits per heavy atom. The van der Waals surface area contributed by atoms with Crippen LogP contribution in [0.5, 0.6) is 0 Å². The van der Waals surface area contributed by atoms with E-state index in [1.807, 2.05) is 0 Å². The normalized spacial score (nSPS) is 12.2. The highest BCUT2D eigenvalue weighted by molar-refractivity contribution is 8.06. The van der Waals surface area contributed by atoms with Crippen LogP contribution in [0.4, 0.5) is 8.78 Å². The Kier molecular flexibility index (Phi) is 12.8. The molecular weight excluding hydrogens is 494 g/mol. The number of benzene rings is 2. The van der Waals surface area contributed by atoms with E-state index in [0.29, 0.717) is 12.8 Å². The highest BCUT2D eigenvalue weighted by Crippen LogP contribution is 2.10. The zero-order valence-corrected chi connectivity index (χ0v) is 21.6. The van der Waals surface area contributed by atoms with E-state index in [1.165, 1.54) is 24.3 Å². The van der Waals surface area contributed by atoms with Gasteiger partial charge in [0, 0.05) is 13.1 Å². The zero-order valence-electron chi connectivity index (χ0n) is 20.0. The highest BCUT2D eigenvalue weighted by atomic mass is 32.3. The molecule has 0 aliphatic rings. The van der Waals surface area contributed by atoms with Crippen LogP contribution < -0.4 is 9.44 Å². The van der Waals surface area contributed by atoms with Crippen LogP contribution >= 0.6 is 0 Å². The van der Waals surface area contributed by atoms with Crippen LogP contribution in [0.25, 0.3) is 0 Å². The summed E-state index contributed by atoms with van der Waals surface area (Å²) >= 11 is 0. The summed E-state index contributed by atoms with van der Waals surface area (Å²) in [6.45, 7) is 0.394. The SMILES string of the molecule is O=S(=O)(CS(=O)(=O)NCCCCCCc1ccc(F)cc1)NCCCCCCc1ccc(F)cc1. The van der Waals surface area contributed by atoms with Crippen LogP contribution in [-0.4, -0.2) is 35.0 Å². The van der Waals surface area contributed by atoms with Crippen molar-refractivity contribution in [3.8, 4) is 0 Å². The number of aryl methyl sites for hydroxylation is 2. The van der Waals surface area contributed by atoms with E-state index in [9.17, 15) is 25.6 Å². The van der Waals surface area contributed by atoms with E-state index in [0.717, 1.165) is 62.5 Å². The number of unbranched alkanes of at least 4 members (excludes halogenated alkanes) is 6. The summed E-state index contributed by atoms with van der Waals surface area (Å²) in [5.74, 6) is -0.513. The van der Waals surface area contributed by atoms with Crippen molar-refractivity contribution < 1.29 is 25.6 Å². The van der Waals surface area contributed by atoms with Gasteiger partial charge >= 0.3 is 0 Å². The summed E-state index contributed by atoms with van der Waals surface area (Å²) < 4.78 is 78.9. The maximum atomic E-state index is 12.9. The average Bonchev–Trinajstić information content (AvgIpc) is 2.79. The second-order valence-electron chi connectivity index (χ2n) is 8.72. The topological polar surface area (TPSA) is 92.3 Å². The summed E-state index contributed by atoms with van der Waals surface area (Å²) in [6.07, 6.45) is 8.19. The molecule has 0 bridgehead atoms. The number of hydrogen-bond donors (Lipinski definition) is 2. The molecule has 2 N–H and O–H groups in total. The van der Waals surface area contributed by atoms with Crippen LogP contribution in [0.3, 0.4) is 0 Å². The van der Waals surface area contributed by atoms with Gasteiger partial charge in [-0.15, -0.1) is 0 Å². The maximum absolute atomic E-state index is 12.9. The van der Waals surface area contributed by atoms with Crippen LogP contribution in [0.2, 0.25) is 0 Å². The molecule has 0 aromatic heterocycles. The summed E-state index contributed by atoms with van der Waals surface area (Å²) in [4.78, 5) is 0. The maximum Gasteiger partial charge on any atom is 0.227 e. The number of rotatable bonds is 18. The monoisotopic (exact) mass is 530 g/mol. The molecule has 0 aliphatic carbocycles. The fourth-order valence-corrected chi connectivity index (χ4v) is 6.87. The van der Waals surface area contributed by atoms with Crippen LogP contribution in [0.15, 0.2) is 48.5 Å². The molecule has 35 heavy (non-hydrogen) atoms. The number of sulfonamides is 2. The molecule has 2 aromatic rings. The lowest BCUT2D eigenvalue weighted by Gasteiger charge is -2.09. The van der Waals surface area contributed by atoms with Gasteiger partial charge in [-0.25, -0.2) is 35.1 Å². The smallest absolute Gasteiger partial charge is 0.214 e. The summed E-state index contributed by atoms with van der Waals surface area (Å²) in [5.41, 5.74) is 2.13. The van der Waals surface area contributed by atoms with E-state index in [-0.39, 0.29) is 24.7 Å². The first-order chi connectivity index (χ1) is 16.7. The second kappa shape index (κ2) is 15.3. The lowest BCUT2D eigenvalue weighted by Crippen LogP contribution is -2.36. The third-order valence-electron chi connectivity index (χ3n) is 5.57. The minimum absolute atomic E-state index is 0.197. The van der Waals surface area contributed by atoms with Crippen LogP contribution in [-0.2, 0) is 32.9 Å². The summed E-state index contributed by atoms with van der Waals surface area (Å²) in [5, 5.41) is -0.977. The Balaban J connectivity index is 1.50. The molecule has 0 unspecified atom stereocenters. The van der Waals surface area contributed by atoms with Crippen molar-refractivity contribution in [2.45, 2.75) is 64.2 Å². The Labute approximate surface area is 208 Å². The lowest BCUT2D eigenvalue weighted by atomic mass is 10.1. The Hall–Kier alpha value is -1.88. The van der Waals surface area contributed by atoms with E-state index in [4.69, 9.17) is 0 Å². The van der Waals surface area contributed by atoms with Gasteiger partial charge in [0.15, 0.2) is 5.08 Å². The van der Waals surface area contributed by atoms with Crippen molar-refractivity contribution in [3.63, 3.8) is 0 Å². The molecule has 0 saturated heterocycles.